The molecule has 3 heteroatoms. The van der Waals surface area contributed by atoms with E-state index in [2.05, 4.69) is 19.2 Å². The molecule has 1 aromatic carbocycles. The number of anilines is 1. The first-order valence-electron chi connectivity index (χ1n) is 4.81. The summed E-state index contributed by atoms with van der Waals surface area (Å²) in [4.78, 5) is 0. The van der Waals surface area contributed by atoms with Crippen LogP contribution in [0.5, 0.6) is 5.75 Å². The van der Waals surface area contributed by atoms with E-state index in [0.717, 1.165) is 17.0 Å². The van der Waals surface area contributed by atoms with Crippen LogP contribution in [0.2, 0.25) is 0 Å². The highest BCUT2D eigenvalue weighted by Crippen LogP contribution is 2.28. The van der Waals surface area contributed by atoms with Crippen LogP contribution in [0.15, 0.2) is 18.2 Å². The van der Waals surface area contributed by atoms with E-state index >= 15 is 0 Å². The maximum atomic E-state index is 5.65. The third-order valence-corrected chi connectivity index (χ3v) is 1.99. The van der Waals surface area contributed by atoms with Crippen LogP contribution in [-0.4, -0.2) is 13.2 Å². The van der Waals surface area contributed by atoms with Crippen LogP contribution in [0.4, 0.5) is 5.69 Å². The molecule has 0 saturated carbocycles. The second-order valence-corrected chi connectivity index (χ2v) is 3.50. The number of benzene rings is 1. The van der Waals surface area contributed by atoms with E-state index in [0.29, 0.717) is 12.6 Å². The van der Waals surface area contributed by atoms with E-state index in [4.69, 9.17) is 10.5 Å². The normalized spacial score (nSPS) is 10.4. The quantitative estimate of drug-likeness (QED) is 0.770. The van der Waals surface area contributed by atoms with Crippen LogP contribution in [0.25, 0.3) is 0 Å². The molecule has 0 aliphatic carbocycles. The van der Waals surface area contributed by atoms with Crippen LogP contribution in [0.3, 0.4) is 0 Å². The van der Waals surface area contributed by atoms with Gasteiger partial charge in [-0.25, -0.2) is 0 Å². The first-order valence-corrected chi connectivity index (χ1v) is 4.81. The van der Waals surface area contributed by atoms with Gasteiger partial charge in [-0.2, -0.15) is 0 Å². The zero-order valence-electron chi connectivity index (χ0n) is 9.00. The topological polar surface area (TPSA) is 47.3 Å². The van der Waals surface area contributed by atoms with Gasteiger partial charge in [0.1, 0.15) is 5.75 Å². The Bertz CT molecular complexity index is 275. The molecule has 0 amide bonds. The Kier molecular flexibility index (Phi) is 3.77. The Labute approximate surface area is 85.3 Å². The number of methoxy groups -OCH3 is 1. The number of hydrogen-bond acceptors (Lipinski definition) is 3. The van der Waals surface area contributed by atoms with Gasteiger partial charge >= 0.3 is 0 Å². The fraction of sp³-hybridized carbons (Fsp3) is 0.455. The molecular weight excluding hydrogens is 176 g/mol. The lowest BCUT2D eigenvalue weighted by Crippen LogP contribution is -2.13. The Morgan fingerprint density at radius 3 is 2.64 bits per heavy atom. The minimum atomic E-state index is 0.372. The summed E-state index contributed by atoms with van der Waals surface area (Å²) in [6.07, 6.45) is 0. The van der Waals surface area contributed by atoms with E-state index in [1.165, 1.54) is 0 Å². The van der Waals surface area contributed by atoms with Crippen LogP contribution >= 0.6 is 0 Å². The lowest BCUT2D eigenvalue weighted by atomic mass is 10.1. The van der Waals surface area contributed by atoms with Gasteiger partial charge in [-0.05, 0) is 25.5 Å². The standard InChI is InChI=1S/C11H18N2O/c1-8(2)13-11-9(7-12)5-4-6-10(11)14-3/h4-6,8,13H,7,12H2,1-3H3. The highest BCUT2D eigenvalue weighted by Gasteiger charge is 2.08. The lowest BCUT2D eigenvalue weighted by Gasteiger charge is -2.17. The van der Waals surface area contributed by atoms with Crippen molar-refractivity contribution in [3.8, 4) is 5.75 Å². The Morgan fingerprint density at radius 1 is 1.43 bits per heavy atom. The Morgan fingerprint density at radius 2 is 2.14 bits per heavy atom. The largest absolute Gasteiger partial charge is 0.495 e. The number of nitrogens with two attached hydrogens (primary N) is 1. The van der Waals surface area contributed by atoms with E-state index in [1.54, 1.807) is 7.11 Å². The van der Waals surface area contributed by atoms with Crippen molar-refractivity contribution in [2.75, 3.05) is 12.4 Å². The van der Waals surface area contributed by atoms with Gasteiger partial charge in [-0.15, -0.1) is 0 Å². The summed E-state index contributed by atoms with van der Waals surface area (Å²) in [7, 11) is 1.67. The van der Waals surface area contributed by atoms with E-state index < -0.39 is 0 Å². The van der Waals surface area contributed by atoms with Gasteiger partial charge in [0.15, 0.2) is 0 Å². The monoisotopic (exact) mass is 194 g/mol. The van der Waals surface area contributed by atoms with Crippen molar-refractivity contribution in [3.05, 3.63) is 23.8 Å². The van der Waals surface area contributed by atoms with Crippen molar-refractivity contribution in [2.24, 2.45) is 5.73 Å². The minimum Gasteiger partial charge on any atom is -0.495 e. The predicted molar refractivity (Wildman–Crippen MR) is 59.6 cm³/mol. The predicted octanol–water partition coefficient (Wildman–Crippen LogP) is 1.97. The summed E-state index contributed by atoms with van der Waals surface area (Å²) in [6, 6.07) is 6.26. The molecule has 78 valence electrons. The summed E-state index contributed by atoms with van der Waals surface area (Å²) < 4.78 is 5.27. The van der Waals surface area contributed by atoms with E-state index in [1.807, 2.05) is 18.2 Å². The van der Waals surface area contributed by atoms with Gasteiger partial charge in [0.25, 0.3) is 0 Å². The number of nitrogens with one attached hydrogen (secondary N) is 1. The maximum Gasteiger partial charge on any atom is 0.142 e. The zero-order valence-corrected chi connectivity index (χ0v) is 9.00. The smallest absolute Gasteiger partial charge is 0.142 e. The van der Waals surface area contributed by atoms with Crippen molar-refractivity contribution >= 4 is 5.69 Å². The molecule has 0 bridgehead atoms. The molecule has 0 aliphatic heterocycles. The van der Waals surface area contributed by atoms with Gasteiger partial charge in [-0.3, -0.25) is 0 Å². The van der Waals surface area contributed by atoms with Gasteiger partial charge in [0.05, 0.1) is 12.8 Å². The van der Waals surface area contributed by atoms with Crippen LogP contribution < -0.4 is 15.8 Å². The number of rotatable bonds is 4. The molecule has 0 radical (unpaired) electrons. The van der Waals surface area contributed by atoms with Crippen molar-refractivity contribution in [3.63, 3.8) is 0 Å². The summed E-state index contributed by atoms with van der Waals surface area (Å²) in [5.41, 5.74) is 7.74. The van der Waals surface area contributed by atoms with Crippen molar-refractivity contribution in [1.29, 1.82) is 0 Å². The highest BCUT2D eigenvalue weighted by molar-refractivity contribution is 5.62. The molecule has 1 rings (SSSR count). The molecule has 0 spiro atoms. The third kappa shape index (κ3) is 2.39. The van der Waals surface area contributed by atoms with Gasteiger partial charge in [0, 0.05) is 12.6 Å². The first kappa shape index (κ1) is 10.9. The number of ether oxygens (including phenoxy) is 1. The molecule has 0 aromatic heterocycles. The fourth-order valence-corrected chi connectivity index (χ4v) is 1.37. The molecule has 0 unspecified atom stereocenters. The molecule has 0 saturated heterocycles. The Hall–Kier alpha value is -1.22. The van der Waals surface area contributed by atoms with Gasteiger partial charge in [-0.1, -0.05) is 12.1 Å². The highest BCUT2D eigenvalue weighted by atomic mass is 16.5. The summed E-state index contributed by atoms with van der Waals surface area (Å²) in [5, 5.41) is 3.34. The van der Waals surface area contributed by atoms with Crippen LogP contribution in [-0.2, 0) is 6.54 Å². The molecule has 0 heterocycles. The molecule has 3 nitrogen and oxygen atoms in total. The molecule has 3 N–H and O–H groups in total. The van der Waals surface area contributed by atoms with Crippen molar-refractivity contribution in [1.82, 2.24) is 0 Å². The second-order valence-electron chi connectivity index (χ2n) is 3.50. The molecule has 14 heavy (non-hydrogen) atoms. The van der Waals surface area contributed by atoms with Crippen molar-refractivity contribution < 1.29 is 4.74 Å². The second kappa shape index (κ2) is 4.86. The SMILES string of the molecule is COc1cccc(CN)c1NC(C)C. The minimum absolute atomic E-state index is 0.372. The summed E-state index contributed by atoms with van der Waals surface area (Å²) in [6.45, 7) is 4.70. The average Bonchev–Trinajstić information content (AvgIpc) is 2.17. The summed E-state index contributed by atoms with van der Waals surface area (Å²) >= 11 is 0. The maximum absolute atomic E-state index is 5.65. The third-order valence-electron chi connectivity index (χ3n) is 1.99. The Balaban J connectivity index is 3.05. The van der Waals surface area contributed by atoms with Crippen LogP contribution in [0.1, 0.15) is 19.4 Å². The molecule has 0 atom stereocenters. The number of hydrogen-bond donors (Lipinski definition) is 2. The van der Waals surface area contributed by atoms with E-state index in [-0.39, 0.29) is 0 Å². The first-order chi connectivity index (χ1) is 6.69. The van der Waals surface area contributed by atoms with Gasteiger partial charge < -0.3 is 15.8 Å². The summed E-state index contributed by atoms with van der Waals surface area (Å²) in [5.74, 6) is 0.849. The number of para-hydroxylation sites is 1. The van der Waals surface area contributed by atoms with Crippen LogP contribution in [0, 0.1) is 0 Å². The lowest BCUT2D eigenvalue weighted by molar-refractivity contribution is 0.415. The van der Waals surface area contributed by atoms with Crippen molar-refractivity contribution in [2.45, 2.75) is 26.4 Å². The molecule has 0 aliphatic rings. The van der Waals surface area contributed by atoms with E-state index in [9.17, 15) is 0 Å². The van der Waals surface area contributed by atoms with Gasteiger partial charge in [0.2, 0.25) is 0 Å². The fourth-order valence-electron chi connectivity index (χ4n) is 1.37. The molecular formula is C11H18N2O. The molecule has 0 fully saturated rings. The zero-order chi connectivity index (χ0) is 10.6. The molecule has 1 aromatic rings. The average molecular weight is 194 g/mol.